The van der Waals surface area contributed by atoms with Crippen molar-refractivity contribution in [3.63, 3.8) is 0 Å². The van der Waals surface area contributed by atoms with Gasteiger partial charge in [0.15, 0.2) is 12.6 Å². The number of esters is 1. The molecule has 0 saturated carbocycles. The minimum Gasteiger partial charge on any atom is -0.459 e. The van der Waals surface area contributed by atoms with Crippen molar-refractivity contribution in [1.82, 2.24) is 4.90 Å². The summed E-state index contributed by atoms with van der Waals surface area (Å²) in [6.07, 6.45) is -10.5. The second kappa shape index (κ2) is 17.2. The molecule has 3 fully saturated rings. The fourth-order valence-electron chi connectivity index (χ4n) is 8.59. The van der Waals surface area contributed by atoms with E-state index in [0.29, 0.717) is 6.42 Å². The molecule has 3 heterocycles. The van der Waals surface area contributed by atoms with Crippen molar-refractivity contribution in [2.45, 2.75) is 185 Å². The Morgan fingerprint density at radius 2 is 1.47 bits per heavy atom. The first kappa shape index (κ1) is 44.4. The quantitative estimate of drug-likeness (QED) is 0.206. The summed E-state index contributed by atoms with van der Waals surface area (Å²) in [6.45, 7) is 16.7. The van der Waals surface area contributed by atoms with Crippen LogP contribution in [0, 0.1) is 23.7 Å². The molecule has 0 spiro atoms. The Hall–Kier alpha value is -1.01. The number of hydrogen-bond acceptors (Lipinski definition) is 14. The molecule has 14 nitrogen and oxygen atoms in total. The Kier molecular flexibility index (Phi) is 15.0. The summed E-state index contributed by atoms with van der Waals surface area (Å²) in [4.78, 5) is 16.0. The standard InChI is InChI=1S/C37H69NO13/c1-14-25-37(10,45)30(41)20(4)27(39)18(2)16-35(8,44)32(51-34-28(40)24(38(11)12)15-19(3)47-34)21(5)29(22(6)33(43)49-25)50-26-17-36(9,46-13)31(42)23(7)48-26/h18-32,34,39-42,44-45H,14-17H2,1-13H3/t18-,19-,20+,21+,22-,23+,24+,25-,26+,27?,28-,29+,30-,31+,32-,34+,35?,36-,37-/m1/s1. The van der Waals surface area contributed by atoms with E-state index in [1.165, 1.54) is 14.0 Å². The highest BCUT2D eigenvalue weighted by molar-refractivity contribution is 5.73. The number of cyclic esters (lactones) is 1. The lowest BCUT2D eigenvalue weighted by atomic mass is 9.73. The van der Waals surface area contributed by atoms with E-state index < -0.39 is 108 Å². The number of methoxy groups -OCH3 is 1. The van der Waals surface area contributed by atoms with Gasteiger partial charge in [0, 0.05) is 31.4 Å². The molecule has 3 saturated heterocycles. The van der Waals surface area contributed by atoms with Gasteiger partial charge in [-0.1, -0.05) is 27.7 Å². The molecule has 0 aliphatic carbocycles. The van der Waals surface area contributed by atoms with Gasteiger partial charge in [-0.15, -0.1) is 0 Å². The lowest BCUT2D eigenvalue weighted by Crippen LogP contribution is -2.61. The monoisotopic (exact) mass is 735 g/mol. The number of aliphatic hydroxyl groups excluding tert-OH is 4. The van der Waals surface area contributed by atoms with Crippen LogP contribution in [0.3, 0.4) is 0 Å². The van der Waals surface area contributed by atoms with Crippen LogP contribution in [0.25, 0.3) is 0 Å². The van der Waals surface area contributed by atoms with E-state index in [1.54, 1.807) is 55.4 Å². The number of ether oxygens (including phenoxy) is 6. The average molecular weight is 736 g/mol. The van der Waals surface area contributed by atoms with E-state index in [9.17, 15) is 35.4 Å². The first-order valence-electron chi connectivity index (χ1n) is 18.6. The van der Waals surface area contributed by atoms with Gasteiger partial charge >= 0.3 is 5.97 Å². The van der Waals surface area contributed by atoms with Crippen LogP contribution in [0.15, 0.2) is 0 Å². The van der Waals surface area contributed by atoms with Crippen LogP contribution < -0.4 is 0 Å². The first-order chi connectivity index (χ1) is 23.4. The van der Waals surface area contributed by atoms with E-state index in [-0.39, 0.29) is 31.4 Å². The molecule has 3 rings (SSSR count). The minimum atomic E-state index is -1.93. The fourth-order valence-corrected chi connectivity index (χ4v) is 8.59. The van der Waals surface area contributed by atoms with E-state index >= 15 is 0 Å². The first-order valence-corrected chi connectivity index (χ1v) is 18.6. The number of carbonyl (C=O) groups is 1. The molecule has 0 bridgehead atoms. The van der Waals surface area contributed by atoms with Gasteiger partial charge in [0.2, 0.25) is 0 Å². The van der Waals surface area contributed by atoms with Crippen molar-refractivity contribution in [2.24, 2.45) is 23.7 Å². The fraction of sp³-hybridized carbons (Fsp3) is 0.973. The smallest absolute Gasteiger partial charge is 0.311 e. The Morgan fingerprint density at radius 1 is 0.863 bits per heavy atom. The van der Waals surface area contributed by atoms with Gasteiger partial charge in [0.1, 0.15) is 23.9 Å². The van der Waals surface area contributed by atoms with Crippen LogP contribution in [0.2, 0.25) is 0 Å². The highest BCUT2D eigenvalue weighted by Crippen LogP contribution is 2.41. The van der Waals surface area contributed by atoms with Crippen molar-refractivity contribution in [3.05, 3.63) is 0 Å². The molecule has 6 N–H and O–H groups in total. The zero-order chi connectivity index (χ0) is 39.0. The van der Waals surface area contributed by atoms with Crippen molar-refractivity contribution >= 4 is 5.97 Å². The SMILES string of the molecule is CC[C@H]1OC(=O)[C@H](C)[C@@H](O[C@H]2C[C@@](C)(OC)[C@@H](O)[C@H](C)O2)[C@H](C)[C@@H](O[C@@H]2O[C@H](C)C[C@H](N(C)C)[C@H]2O)C(C)(O)C[C@@H](C)C(O)[C@H](C)[C@@H](O)[C@]1(C)O. The summed E-state index contributed by atoms with van der Waals surface area (Å²) in [6, 6.07) is -0.310. The minimum absolute atomic E-state index is 0.0362. The number of likely N-dealkylation sites (N-methyl/N-ethyl adjacent to an activating group) is 1. The maximum Gasteiger partial charge on any atom is 0.311 e. The largest absolute Gasteiger partial charge is 0.459 e. The molecule has 300 valence electrons. The third-order valence-electron chi connectivity index (χ3n) is 12.0. The summed E-state index contributed by atoms with van der Waals surface area (Å²) in [5.74, 6) is -4.11. The summed E-state index contributed by atoms with van der Waals surface area (Å²) in [5.41, 5.74) is -4.71. The maximum absolute atomic E-state index is 14.1. The van der Waals surface area contributed by atoms with Crippen molar-refractivity contribution < 1.29 is 63.9 Å². The second-order valence-corrected chi connectivity index (χ2v) is 16.7. The van der Waals surface area contributed by atoms with Crippen LogP contribution in [-0.2, 0) is 33.2 Å². The van der Waals surface area contributed by atoms with Crippen LogP contribution >= 0.6 is 0 Å². The van der Waals surface area contributed by atoms with Gasteiger partial charge in [-0.25, -0.2) is 0 Å². The Balaban J connectivity index is 2.18. The molecule has 0 aromatic carbocycles. The molecule has 0 aromatic heterocycles. The third kappa shape index (κ3) is 9.63. The van der Waals surface area contributed by atoms with Gasteiger partial charge in [-0.2, -0.15) is 0 Å². The van der Waals surface area contributed by atoms with Crippen LogP contribution in [-0.4, -0.2) is 153 Å². The summed E-state index contributed by atoms with van der Waals surface area (Å²) in [7, 11) is 5.20. The van der Waals surface area contributed by atoms with Crippen molar-refractivity contribution in [3.8, 4) is 0 Å². The molecule has 0 amide bonds. The third-order valence-corrected chi connectivity index (χ3v) is 12.0. The molecule has 51 heavy (non-hydrogen) atoms. The van der Waals surface area contributed by atoms with Gasteiger partial charge in [0.25, 0.3) is 0 Å². The molecule has 14 heteroatoms. The lowest BCUT2D eigenvalue weighted by molar-refractivity contribution is -0.318. The number of nitrogens with zero attached hydrogens (tertiary/aromatic N) is 1. The number of hydrogen-bond donors (Lipinski definition) is 6. The van der Waals surface area contributed by atoms with Crippen LogP contribution in [0.1, 0.15) is 94.9 Å². The van der Waals surface area contributed by atoms with Gasteiger partial charge < -0.3 is 64.0 Å². The highest BCUT2D eigenvalue weighted by Gasteiger charge is 2.53. The lowest BCUT2D eigenvalue weighted by Gasteiger charge is -2.49. The predicted octanol–water partition coefficient (Wildman–Crippen LogP) is 1.58. The normalized spacial score (nSPS) is 51.2. The van der Waals surface area contributed by atoms with Crippen LogP contribution in [0.4, 0.5) is 0 Å². The number of rotatable bonds is 7. The molecule has 19 atom stereocenters. The highest BCUT2D eigenvalue weighted by atomic mass is 16.7. The Morgan fingerprint density at radius 3 is 2.02 bits per heavy atom. The molecule has 0 radical (unpaired) electrons. The predicted molar refractivity (Wildman–Crippen MR) is 187 cm³/mol. The van der Waals surface area contributed by atoms with Crippen molar-refractivity contribution in [1.29, 1.82) is 0 Å². The molecule has 2 unspecified atom stereocenters. The maximum atomic E-state index is 14.1. The summed E-state index contributed by atoms with van der Waals surface area (Å²) >= 11 is 0. The molecular formula is C37H69NO13. The molecule has 3 aliphatic heterocycles. The Labute approximate surface area is 304 Å². The second-order valence-electron chi connectivity index (χ2n) is 16.7. The molecular weight excluding hydrogens is 666 g/mol. The average Bonchev–Trinajstić information content (AvgIpc) is 3.05. The molecule has 0 aromatic rings. The van der Waals surface area contributed by atoms with Gasteiger partial charge in [-0.3, -0.25) is 4.79 Å². The number of carbonyl (C=O) groups excluding carboxylic acids is 1. The van der Waals surface area contributed by atoms with E-state index in [1.807, 2.05) is 25.9 Å². The van der Waals surface area contributed by atoms with Crippen molar-refractivity contribution in [2.75, 3.05) is 21.2 Å². The summed E-state index contributed by atoms with van der Waals surface area (Å²) < 4.78 is 37.2. The van der Waals surface area contributed by atoms with Gasteiger partial charge in [0.05, 0.1) is 53.7 Å². The Bertz CT molecular complexity index is 1120. The van der Waals surface area contributed by atoms with Gasteiger partial charge in [-0.05, 0) is 80.8 Å². The zero-order valence-corrected chi connectivity index (χ0v) is 33.1. The van der Waals surface area contributed by atoms with E-state index in [2.05, 4.69) is 0 Å². The zero-order valence-electron chi connectivity index (χ0n) is 33.1. The van der Waals surface area contributed by atoms with E-state index in [4.69, 9.17) is 28.4 Å². The topological polar surface area (TPSA) is 197 Å². The number of aliphatic hydroxyl groups is 6. The van der Waals surface area contributed by atoms with Crippen LogP contribution in [0.5, 0.6) is 0 Å². The van der Waals surface area contributed by atoms with E-state index in [0.717, 1.165) is 0 Å². The summed E-state index contributed by atoms with van der Waals surface area (Å²) in [5, 5.41) is 69.3. The molecule has 3 aliphatic rings.